The van der Waals surface area contributed by atoms with E-state index in [2.05, 4.69) is 10.2 Å². The second kappa shape index (κ2) is 6.08. The number of benzene rings is 2. The van der Waals surface area contributed by atoms with Crippen LogP contribution in [0.1, 0.15) is 5.69 Å². The Morgan fingerprint density at radius 2 is 1.54 bits per heavy atom. The second-order valence-corrected chi connectivity index (χ2v) is 5.10. The molecular weight excluding hydrogens is 308 g/mol. The summed E-state index contributed by atoms with van der Waals surface area (Å²) in [7, 11) is 1.60. The third-order valence-electron chi connectivity index (χ3n) is 3.50. The third-order valence-corrected chi connectivity index (χ3v) is 3.50. The average Bonchev–Trinajstić information content (AvgIpc) is 2.64. The summed E-state index contributed by atoms with van der Waals surface area (Å²) < 4.78 is 22.5. The van der Waals surface area contributed by atoms with Crippen LogP contribution in [0.2, 0.25) is 0 Å². The van der Waals surface area contributed by atoms with Crippen LogP contribution in [0.5, 0.6) is 34.6 Å². The lowest BCUT2D eigenvalue weighted by Crippen LogP contribution is -2.06. The van der Waals surface area contributed by atoms with Crippen LogP contribution in [0.15, 0.2) is 54.6 Å². The maximum Gasteiger partial charge on any atom is 0.282 e. The predicted molar refractivity (Wildman–Crippen MR) is 85.9 cm³/mol. The van der Waals surface area contributed by atoms with Gasteiger partial charge in [0, 0.05) is 6.07 Å². The summed E-state index contributed by atoms with van der Waals surface area (Å²) in [5.41, 5.74) is 0.627. The fourth-order valence-corrected chi connectivity index (χ4v) is 2.35. The molecule has 2 aromatic carbocycles. The monoisotopic (exact) mass is 322 g/mol. The van der Waals surface area contributed by atoms with E-state index in [9.17, 15) is 0 Å². The number of hydrogen-bond donors (Lipinski definition) is 0. The molecule has 2 heterocycles. The summed E-state index contributed by atoms with van der Waals surface area (Å²) in [5, 5.41) is 8.18. The van der Waals surface area contributed by atoms with Gasteiger partial charge in [0.05, 0.1) is 7.11 Å². The highest BCUT2D eigenvalue weighted by atomic mass is 16.6. The molecule has 0 amide bonds. The number of rotatable bonds is 4. The summed E-state index contributed by atoms with van der Waals surface area (Å²) in [6, 6.07) is 16.6. The lowest BCUT2D eigenvalue weighted by molar-refractivity contribution is 0.276. The molecule has 0 radical (unpaired) electrons. The molecule has 1 aliphatic heterocycles. The van der Waals surface area contributed by atoms with E-state index in [0.717, 1.165) is 0 Å². The molecule has 3 aromatic rings. The Balaban J connectivity index is 1.52. The largest absolute Gasteiger partial charge is 0.493 e. The van der Waals surface area contributed by atoms with Crippen molar-refractivity contribution >= 4 is 0 Å². The molecule has 120 valence electrons. The highest BCUT2D eigenvalue weighted by Crippen LogP contribution is 2.43. The minimum absolute atomic E-state index is 0.242. The van der Waals surface area contributed by atoms with Crippen LogP contribution in [0, 0.1) is 0 Å². The zero-order chi connectivity index (χ0) is 16.4. The number of para-hydroxylation sites is 4. The molecule has 0 spiro atoms. The molecule has 6 nitrogen and oxygen atoms in total. The average molecular weight is 322 g/mol. The van der Waals surface area contributed by atoms with Crippen molar-refractivity contribution < 1.29 is 18.9 Å². The summed E-state index contributed by atoms with van der Waals surface area (Å²) in [6.45, 7) is 0.242. The van der Waals surface area contributed by atoms with Gasteiger partial charge in [0.25, 0.3) is 5.88 Å². The van der Waals surface area contributed by atoms with E-state index in [0.29, 0.717) is 40.3 Å². The van der Waals surface area contributed by atoms with E-state index in [1.54, 1.807) is 13.2 Å². The van der Waals surface area contributed by atoms with Gasteiger partial charge in [0.1, 0.15) is 12.3 Å². The molecule has 0 N–H and O–H groups in total. The van der Waals surface area contributed by atoms with Gasteiger partial charge in [-0.05, 0) is 24.3 Å². The zero-order valence-electron chi connectivity index (χ0n) is 12.9. The van der Waals surface area contributed by atoms with Crippen molar-refractivity contribution in [1.82, 2.24) is 10.2 Å². The highest BCUT2D eigenvalue weighted by Gasteiger charge is 2.20. The third kappa shape index (κ3) is 2.69. The first kappa shape index (κ1) is 14.3. The van der Waals surface area contributed by atoms with Gasteiger partial charge in [-0.15, -0.1) is 10.2 Å². The van der Waals surface area contributed by atoms with Crippen molar-refractivity contribution in [3.8, 4) is 34.6 Å². The number of fused-ring (bicyclic) bond motifs is 2. The Morgan fingerprint density at radius 1 is 0.833 bits per heavy atom. The summed E-state index contributed by atoms with van der Waals surface area (Å²) in [6.07, 6.45) is 0. The van der Waals surface area contributed by atoms with Crippen molar-refractivity contribution in [3.63, 3.8) is 0 Å². The fourth-order valence-electron chi connectivity index (χ4n) is 2.35. The van der Waals surface area contributed by atoms with Crippen molar-refractivity contribution in [2.24, 2.45) is 0 Å². The van der Waals surface area contributed by atoms with Gasteiger partial charge in [-0.3, -0.25) is 0 Å². The number of hydrogen-bond acceptors (Lipinski definition) is 6. The topological polar surface area (TPSA) is 62.7 Å². The van der Waals surface area contributed by atoms with E-state index >= 15 is 0 Å². The Hall–Kier alpha value is -3.28. The van der Waals surface area contributed by atoms with E-state index in [4.69, 9.17) is 18.9 Å². The van der Waals surface area contributed by atoms with Crippen LogP contribution in [0.4, 0.5) is 0 Å². The summed E-state index contributed by atoms with van der Waals surface area (Å²) >= 11 is 0. The molecule has 0 unspecified atom stereocenters. The zero-order valence-corrected chi connectivity index (χ0v) is 12.9. The molecular formula is C18H14N2O4. The lowest BCUT2D eigenvalue weighted by atomic mass is 10.3. The number of ether oxygens (including phenoxy) is 4. The van der Waals surface area contributed by atoms with Gasteiger partial charge in [-0.1, -0.05) is 24.3 Å². The fraction of sp³-hybridized carbons (Fsp3) is 0.111. The molecule has 1 aromatic heterocycles. The predicted octanol–water partition coefficient (Wildman–Crippen LogP) is 3.96. The molecule has 1 aliphatic rings. The van der Waals surface area contributed by atoms with Gasteiger partial charge in [-0.2, -0.15) is 0 Å². The van der Waals surface area contributed by atoms with Crippen LogP contribution < -0.4 is 18.9 Å². The molecule has 0 aliphatic carbocycles. The SMILES string of the molecule is COc1ccccc1OCc1cc2c(nn1)Oc1ccccc1O2. The van der Waals surface area contributed by atoms with E-state index in [1.807, 2.05) is 48.5 Å². The lowest BCUT2D eigenvalue weighted by Gasteiger charge is -2.19. The molecule has 0 saturated heterocycles. The number of nitrogens with zero attached hydrogens (tertiary/aromatic N) is 2. The van der Waals surface area contributed by atoms with Crippen molar-refractivity contribution in [2.45, 2.75) is 6.61 Å². The minimum atomic E-state index is 0.242. The van der Waals surface area contributed by atoms with Crippen LogP contribution in [-0.2, 0) is 6.61 Å². The maximum atomic E-state index is 5.81. The minimum Gasteiger partial charge on any atom is -0.493 e. The Bertz CT molecular complexity index is 882. The standard InChI is InChI=1S/C18H14N2O4/c1-21-13-6-2-3-7-14(13)22-11-12-10-17-18(20-19-12)24-16-9-5-4-8-15(16)23-17/h2-10H,11H2,1H3. The Labute approximate surface area is 138 Å². The van der Waals surface area contributed by atoms with Crippen LogP contribution in [0.25, 0.3) is 0 Å². The molecule has 24 heavy (non-hydrogen) atoms. The first-order valence-electron chi connectivity index (χ1n) is 7.40. The molecule has 0 bridgehead atoms. The first-order valence-corrected chi connectivity index (χ1v) is 7.40. The van der Waals surface area contributed by atoms with Gasteiger partial charge < -0.3 is 18.9 Å². The van der Waals surface area contributed by atoms with Gasteiger partial charge in [0.2, 0.25) is 0 Å². The van der Waals surface area contributed by atoms with Crippen molar-refractivity contribution in [3.05, 3.63) is 60.3 Å². The van der Waals surface area contributed by atoms with E-state index < -0.39 is 0 Å². The van der Waals surface area contributed by atoms with Crippen LogP contribution in [-0.4, -0.2) is 17.3 Å². The Morgan fingerprint density at radius 3 is 2.33 bits per heavy atom. The molecule has 0 saturated carbocycles. The van der Waals surface area contributed by atoms with Gasteiger partial charge >= 0.3 is 0 Å². The molecule has 6 heteroatoms. The van der Waals surface area contributed by atoms with Gasteiger partial charge in [-0.25, -0.2) is 0 Å². The number of methoxy groups -OCH3 is 1. The molecule has 0 fully saturated rings. The first-order chi connectivity index (χ1) is 11.8. The smallest absolute Gasteiger partial charge is 0.282 e. The van der Waals surface area contributed by atoms with E-state index in [1.165, 1.54) is 0 Å². The normalized spacial score (nSPS) is 11.5. The van der Waals surface area contributed by atoms with Gasteiger partial charge in [0.15, 0.2) is 28.7 Å². The summed E-state index contributed by atoms with van der Waals surface area (Å²) in [4.78, 5) is 0. The van der Waals surface area contributed by atoms with Crippen LogP contribution >= 0.6 is 0 Å². The number of aromatic nitrogens is 2. The molecule has 4 rings (SSSR count). The second-order valence-electron chi connectivity index (χ2n) is 5.10. The van der Waals surface area contributed by atoms with Crippen LogP contribution in [0.3, 0.4) is 0 Å². The molecule has 0 atom stereocenters. The Kier molecular flexibility index (Phi) is 3.63. The van der Waals surface area contributed by atoms with E-state index in [-0.39, 0.29) is 6.61 Å². The maximum absolute atomic E-state index is 5.81. The van der Waals surface area contributed by atoms with Crippen molar-refractivity contribution in [1.29, 1.82) is 0 Å². The van der Waals surface area contributed by atoms with Crippen molar-refractivity contribution in [2.75, 3.05) is 7.11 Å². The highest BCUT2D eigenvalue weighted by molar-refractivity contribution is 5.51. The quantitative estimate of drug-likeness (QED) is 0.566. The summed E-state index contributed by atoms with van der Waals surface area (Å²) in [5.74, 6) is 3.43.